The van der Waals surface area contributed by atoms with Crippen molar-refractivity contribution in [2.75, 3.05) is 0 Å². The molecule has 0 aliphatic rings. The number of carboxylic acid groups (broad SMARTS) is 1. The van der Waals surface area contributed by atoms with Crippen molar-refractivity contribution in [2.24, 2.45) is 5.92 Å². The lowest BCUT2D eigenvalue weighted by Gasteiger charge is -2.05. The highest BCUT2D eigenvalue weighted by atomic mass is 16.4. The molecule has 1 rings (SSSR count). The van der Waals surface area contributed by atoms with E-state index in [9.17, 15) is 4.79 Å². The van der Waals surface area contributed by atoms with Crippen LogP contribution in [0, 0.1) is 5.92 Å². The van der Waals surface area contributed by atoms with Crippen LogP contribution >= 0.6 is 0 Å². The Balaban J connectivity index is 2.05. The second kappa shape index (κ2) is 11.3. The maximum atomic E-state index is 10.7. The average molecular weight is 308 g/mol. The van der Waals surface area contributed by atoms with Gasteiger partial charge < -0.3 is 9.52 Å². The molecule has 0 fully saturated rings. The third-order valence-corrected chi connectivity index (χ3v) is 4.23. The number of carboxylic acids is 1. The first-order valence-electron chi connectivity index (χ1n) is 8.94. The minimum atomic E-state index is -0.679. The summed E-state index contributed by atoms with van der Waals surface area (Å²) in [4.78, 5) is 10.7. The van der Waals surface area contributed by atoms with Crippen LogP contribution < -0.4 is 0 Å². The number of hydrogen-bond acceptors (Lipinski definition) is 2. The quantitative estimate of drug-likeness (QED) is 0.481. The predicted molar refractivity (Wildman–Crippen MR) is 90.1 cm³/mol. The summed E-state index contributed by atoms with van der Waals surface area (Å²) in [5.74, 6) is 1.34. The molecule has 0 spiro atoms. The molecule has 0 saturated carbocycles. The van der Waals surface area contributed by atoms with E-state index in [1.54, 1.807) is 6.92 Å². The highest BCUT2D eigenvalue weighted by Crippen LogP contribution is 2.16. The topological polar surface area (TPSA) is 50.4 Å². The predicted octanol–water partition coefficient (Wildman–Crippen LogP) is 5.62. The first-order chi connectivity index (χ1) is 10.6. The van der Waals surface area contributed by atoms with Crippen molar-refractivity contribution < 1.29 is 14.3 Å². The summed E-state index contributed by atoms with van der Waals surface area (Å²) in [5.41, 5.74) is 0. The zero-order chi connectivity index (χ0) is 16.2. The largest absolute Gasteiger partial charge is 0.481 e. The van der Waals surface area contributed by atoms with Crippen LogP contribution in [0.4, 0.5) is 0 Å². The molecule has 1 heterocycles. The Bertz CT molecular complexity index is 409. The maximum absolute atomic E-state index is 10.7. The van der Waals surface area contributed by atoms with E-state index in [0.29, 0.717) is 0 Å². The van der Waals surface area contributed by atoms with Gasteiger partial charge in [0.1, 0.15) is 11.5 Å². The van der Waals surface area contributed by atoms with Crippen LogP contribution in [0.3, 0.4) is 0 Å². The summed E-state index contributed by atoms with van der Waals surface area (Å²) in [6.45, 7) is 4.01. The fraction of sp³-hybridized carbons (Fsp3) is 0.737. The molecule has 1 aromatic heterocycles. The summed E-state index contributed by atoms with van der Waals surface area (Å²) in [7, 11) is 0. The number of aryl methyl sites for hydroxylation is 2. The molecule has 1 aromatic rings. The van der Waals surface area contributed by atoms with Gasteiger partial charge in [0.25, 0.3) is 0 Å². The average Bonchev–Trinajstić information content (AvgIpc) is 2.94. The summed E-state index contributed by atoms with van der Waals surface area (Å²) >= 11 is 0. The molecule has 0 saturated heterocycles. The molecule has 1 N–H and O–H groups in total. The number of carbonyl (C=O) groups is 1. The van der Waals surface area contributed by atoms with Crippen molar-refractivity contribution in [1.82, 2.24) is 0 Å². The highest BCUT2D eigenvalue weighted by molar-refractivity contribution is 5.69. The lowest BCUT2D eigenvalue weighted by atomic mass is 10.0. The maximum Gasteiger partial charge on any atom is 0.306 e. The molecule has 1 unspecified atom stereocenters. The normalized spacial score (nSPS) is 12.5. The Morgan fingerprint density at radius 3 is 2.09 bits per heavy atom. The first kappa shape index (κ1) is 18.8. The van der Waals surface area contributed by atoms with Gasteiger partial charge in [-0.15, -0.1) is 0 Å². The number of aliphatic carboxylic acids is 1. The van der Waals surface area contributed by atoms with E-state index in [-0.39, 0.29) is 5.92 Å². The van der Waals surface area contributed by atoms with E-state index < -0.39 is 5.97 Å². The van der Waals surface area contributed by atoms with Gasteiger partial charge in [-0.3, -0.25) is 4.79 Å². The van der Waals surface area contributed by atoms with E-state index in [4.69, 9.17) is 9.52 Å². The third-order valence-electron chi connectivity index (χ3n) is 4.23. The third kappa shape index (κ3) is 8.26. The zero-order valence-corrected chi connectivity index (χ0v) is 14.3. The van der Waals surface area contributed by atoms with Crippen molar-refractivity contribution in [3.8, 4) is 0 Å². The monoisotopic (exact) mass is 308 g/mol. The van der Waals surface area contributed by atoms with E-state index in [1.807, 2.05) is 0 Å². The summed E-state index contributed by atoms with van der Waals surface area (Å²) in [5, 5.41) is 8.81. The molecule has 126 valence electrons. The number of rotatable bonds is 13. The van der Waals surface area contributed by atoms with Crippen LogP contribution in [0.1, 0.15) is 83.2 Å². The van der Waals surface area contributed by atoms with Gasteiger partial charge in [0.2, 0.25) is 0 Å². The van der Waals surface area contributed by atoms with Crippen molar-refractivity contribution in [3.05, 3.63) is 23.7 Å². The second-order valence-corrected chi connectivity index (χ2v) is 6.37. The van der Waals surface area contributed by atoms with Crippen molar-refractivity contribution in [3.63, 3.8) is 0 Å². The van der Waals surface area contributed by atoms with Gasteiger partial charge in [-0.05, 0) is 31.4 Å². The number of hydrogen-bond donors (Lipinski definition) is 1. The van der Waals surface area contributed by atoms with Crippen molar-refractivity contribution in [1.29, 1.82) is 0 Å². The molecular weight excluding hydrogens is 276 g/mol. The van der Waals surface area contributed by atoms with E-state index in [1.165, 1.54) is 25.7 Å². The fourth-order valence-corrected chi connectivity index (χ4v) is 2.64. The SMILES string of the molecule is CCCCCCc1ccc(CCCCCCC(C)C(=O)O)o1. The van der Waals surface area contributed by atoms with Crippen LogP contribution in [0.5, 0.6) is 0 Å². The fourth-order valence-electron chi connectivity index (χ4n) is 2.64. The standard InChI is InChI=1S/C19H32O3/c1-3-4-5-9-12-17-14-15-18(22-17)13-10-7-6-8-11-16(2)19(20)21/h14-16H,3-13H2,1-2H3,(H,20,21). The van der Waals surface area contributed by atoms with E-state index >= 15 is 0 Å². The first-order valence-corrected chi connectivity index (χ1v) is 8.94. The molecule has 0 aliphatic heterocycles. The van der Waals surface area contributed by atoms with E-state index in [0.717, 1.165) is 56.5 Å². The second-order valence-electron chi connectivity index (χ2n) is 6.37. The lowest BCUT2D eigenvalue weighted by Crippen LogP contribution is -2.08. The number of unbranched alkanes of at least 4 members (excludes halogenated alkanes) is 6. The van der Waals surface area contributed by atoms with Gasteiger partial charge in [-0.25, -0.2) is 0 Å². The molecule has 0 amide bonds. The van der Waals surface area contributed by atoms with Crippen LogP contribution in [0.25, 0.3) is 0 Å². The Hall–Kier alpha value is -1.25. The van der Waals surface area contributed by atoms with Gasteiger partial charge >= 0.3 is 5.97 Å². The summed E-state index contributed by atoms with van der Waals surface area (Å²) < 4.78 is 5.86. The van der Waals surface area contributed by atoms with E-state index in [2.05, 4.69) is 19.1 Å². The molecule has 0 bridgehead atoms. The Labute approximate surface area is 135 Å². The van der Waals surface area contributed by atoms with Gasteiger partial charge in [0.15, 0.2) is 0 Å². The van der Waals surface area contributed by atoms with Crippen LogP contribution in [-0.4, -0.2) is 11.1 Å². The minimum Gasteiger partial charge on any atom is -0.481 e. The zero-order valence-electron chi connectivity index (χ0n) is 14.3. The summed E-state index contributed by atoms with van der Waals surface area (Å²) in [6, 6.07) is 4.23. The molecule has 0 radical (unpaired) electrons. The van der Waals surface area contributed by atoms with Crippen molar-refractivity contribution in [2.45, 2.75) is 84.5 Å². The smallest absolute Gasteiger partial charge is 0.306 e. The van der Waals surface area contributed by atoms with Gasteiger partial charge in [-0.2, -0.15) is 0 Å². The minimum absolute atomic E-state index is 0.208. The van der Waals surface area contributed by atoms with Crippen LogP contribution in [0.2, 0.25) is 0 Å². The Kier molecular flexibility index (Phi) is 9.69. The molecule has 3 heteroatoms. The molecule has 22 heavy (non-hydrogen) atoms. The molecule has 0 aliphatic carbocycles. The Morgan fingerprint density at radius 2 is 1.55 bits per heavy atom. The number of furan rings is 1. The van der Waals surface area contributed by atoms with Gasteiger partial charge in [0.05, 0.1) is 5.92 Å². The lowest BCUT2D eigenvalue weighted by molar-refractivity contribution is -0.141. The molecule has 1 atom stereocenters. The highest BCUT2D eigenvalue weighted by Gasteiger charge is 2.09. The Morgan fingerprint density at radius 1 is 1.00 bits per heavy atom. The van der Waals surface area contributed by atoms with Crippen LogP contribution in [0.15, 0.2) is 16.5 Å². The van der Waals surface area contributed by atoms with Gasteiger partial charge in [0, 0.05) is 12.8 Å². The molecule has 0 aromatic carbocycles. The molecule has 3 nitrogen and oxygen atoms in total. The molecular formula is C19H32O3. The van der Waals surface area contributed by atoms with Crippen LogP contribution in [-0.2, 0) is 17.6 Å². The van der Waals surface area contributed by atoms with Gasteiger partial charge in [-0.1, -0.05) is 52.4 Å². The summed E-state index contributed by atoms with van der Waals surface area (Å²) in [6.07, 6.45) is 12.4. The van der Waals surface area contributed by atoms with Crippen molar-refractivity contribution >= 4 is 5.97 Å².